The molecular weight excluding hydrogens is 315 g/mol. The van der Waals surface area contributed by atoms with Gasteiger partial charge in [0.1, 0.15) is 5.82 Å². The van der Waals surface area contributed by atoms with Gasteiger partial charge in [0.05, 0.1) is 9.92 Å². The molecule has 0 aliphatic carbocycles. The van der Waals surface area contributed by atoms with E-state index in [0.29, 0.717) is 18.7 Å². The van der Waals surface area contributed by atoms with Gasteiger partial charge >= 0.3 is 0 Å². The van der Waals surface area contributed by atoms with Gasteiger partial charge in [-0.3, -0.25) is 0 Å². The van der Waals surface area contributed by atoms with E-state index in [1.54, 1.807) is 7.05 Å². The third-order valence-corrected chi connectivity index (χ3v) is 5.64. The molecule has 1 unspecified atom stereocenters. The topological polar surface area (TPSA) is 49.4 Å². The Balaban J connectivity index is 3.19. The average Bonchev–Trinajstić information content (AvgIpc) is 2.43. The Morgan fingerprint density at radius 1 is 1.43 bits per heavy atom. The standard InChI is InChI=1S/C14H22ClFN2O2S/c1-5-10(2)9-18(4)21(19,20)12-6-11(8-17-3)14(15)13(16)7-12/h6-7,10,17H,5,8-9H2,1-4H3. The highest BCUT2D eigenvalue weighted by Crippen LogP contribution is 2.26. The van der Waals surface area contributed by atoms with Gasteiger partial charge in [-0.05, 0) is 30.7 Å². The minimum Gasteiger partial charge on any atom is -0.316 e. The van der Waals surface area contributed by atoms with Gasteiger partial charge in [0.15, 0.2) is 0 Å². The molecule has 0 aliphatic heterocycles. The van der Waals surface area contributed by atoms with E-state index in [-0.39, 0.29) is 15.8 Å². The number of nitrogens with one attached hydrogen (secondary N) is 1. The van der Waals surface area contributed by atoms with Gasteiger partial charge in [0, 0.05) is 20.1 Å². The summed E-state index contributed by atoms with van der Waals surface area (Å²) in [5.74, 6) is -0.487. The number of hydrogen-bond donors (Lipinski definition) is 1. The highest BCUT2D eigenvalue weighted by Gasteiger charge is 2.24. The van der Waals surface area contributed by atoms with Crippen molar-refractivity contribution in [1.29, 1.82) is 0 Å². The number of halogens is 2. The Morgan fingerprint density at radius 3 is 2.57 bits per heavy atom. The summed E-state index contributed by atoms with van der Waals surface area (Å²) in [5.41, 5.74) is 0.426. The summed E-state index contributed by atoms with van der Waals surface area (Å²) in [6.07, 6.45) is 0.875. The molecule has 4 nitrogen and oxygen atoms in total. The second-order valence-corrected chi connectivity index (χ2v) is 7.63. The predicted molar refractivity (Wildman–Crippen MR) is 83.4 cm³/mol. The number of nitrogens with zero attached hydrogens (tertiary/aromatic N) is 1. The van der Waals surface area contributed by atoms with Crippen molar-refractivity contribution < 1.29 is 12.8 Å². The van der Waals surface area contributed by atoms with Crippen LogP contribution in [0.25, 0.3) is 0 Å². The van der Waals surface area contributed by atoms with Crippen molar-refractivity contribution in [2.75, 3.05) is 20.6 Å². The molecule has 1 rings (SSSR count). The van der Waals surface area contributed by atoms with Crippen molar-refractivity contribution in [3.05, 3.63) is 28.5 Å². The largest absolute Gasteiger partial charge is 0.316 e. The molecule has 0 bridgehead atoms. The maximum Gasteiger partial charge on any atom is 0.242 e. The zero-order valence-electron chi connectivity index (χ0n) is 12.8. The summed E-state index contributed by atoms with van der Waals surface area (Å²) in [6, 6.07) is 2.40. The van der Waals surface area contributed by atoms with E-state index < -0.39 is 15.8 Å². The zero-order chi connectivity index (χ0) is 16.2. The van der Waals surface area contributed by atoms with E-state index in [4.69, 9.17) is 11.6 Å². The number of hydrogen-bond acceptors (Lipinski definition) is 3. The molecule has 120 valence electrons. The third-order valence-electron chi connectivity index (χ3n) is 3.42. The van der Waals surface area contributed by atoms with E-state index in [0.717, 1.165) is 12.5 Å². The molecule has 0 aromatic heterocycles. The van der Waals surface area contributed by atoms with E-state index in [1.807, 2.05) is 13.8 Å². The molecule has 0 aliphatic rings. The monoisotopic (exact) mass is 336 g/mol. The van der Waals surface area contributed by atoms with Gasteiger partial charge in [-0.1, -0.05) is 31.9 Å². The fourth-order valence-corrected chi connectivity index (χ4v) is 3.46. The van der Waals surface area contributed by atoms with Crippen molar-refractivity contribution in [3.63, 3.8) is 0 Å². The quantitative estimate of drug-likeness (QED) is 0.833. The summed E-state index contributed by atoms with van der Waals surface area (Å²) in [7, 11) is -0.527. The van der Waals surface area contributed by atoms with Crippen LogP contribution in [0, 0.1) is 11.7 Å². The lowest BCUT2D eigenvalue weighted by Crippen LogP contribution is -2.31. The van der Waals surface area contributed by atoms with E-state index in [9.17, 15) is 12.8 Å². The number of sulfonamides is 1. The van der Waals surface area contributed by atoms with Gasteiger partial charge < -0.3 is 5.32 Å². The molecular formula is C14H22ClFN2O2S. The average molecular weight is 337 g/mol. The minimum atomic E-state index is -3.72. The molecule has 0 heterocycles. The highest BCUT2D eigenvalue weighted by atomic mass is 35.5. The van der Waals surface area contributed by atoms with Crippen LogP contribution in [-0.2, 0) is 16.6 Å². The summed E-state index contributed by atoms with van der Waals surface area (Å²) in [4.78, 5) is -0.0690. The van der Waals surface area contributed by atoms with E-state index in [2.05, 4.69) is 5.32 Å². The van der Waals surface area contributed by atoms with Gasteiger partial charge in [-0.2, -0.15) is 0 Å². The molecule has 0 fully saturated rings. The lowest BCUT2D eigenvalue weighted by Gasteiger charge is -2.21. The lowest BCUT2D eigenvalue weighted by atomic mass is 10.1. The second kappa shape index (κ2) is 7.54. The van der Waals surface area contributed by atoms with Crippen molar-refractivity contribution >= 4 is 21.6 Å². The first-order valence-electron chi connectivity index (χ1n) is 6.82. The zero-order valence-corrected chi connectivity index (χ0v) is 14.4. The van der Waals surface area contributed by atoms with Crippen molar-refractivity contribution in [2.24, 2.45) is 5.92 Å². The maximum atomic E-state index is 13.8. The highest BCUT2D eigenvalue weighted by molar-refractivity contribution is 7.89. The summed E-state index contributed by atoms with van der Waals surface area (Å²) in [6.45, 7) is 4.66. The molecule has 1 N–H and O–H groups in total. The Bertz CT molecular complexity index is 593. The SMILES string of the molecule is CCC(C)CN(C)S(=O)(=O)c1cc(F)c(Cl)c(CNC)c1. The Kier molecular flexibility index (Phi) is 6.59. The molecule has 1 aromatic carbocycles. The summed E-state index contributed by atoms with van der Waals surface area (Å²) < 4.78 is 40.1. The number of benzene rings is 1. The first-order valence-corrected chi connectivity index (χ1v) is 8.64. The number of rotatable bonds is 7. The van der Waals surface area contributed by atoms with Crippen molar-refractivity contribution in [3.8, 4) is 0 Å². The normalized spacial score (nSPS) is 13.7. The smallest absolute Gasteiger partial charge is 0.242 e. The Labute approximate surface area is 131 Å². The first kappa shape index (κ1) is 18.4. The lowest BCUT2D eigenvalue weighted by molar-refractivity contribution is 0.393. The van der Waals surface area contributed by atoms with Crippen molar-refractivity contribution in [2.45, 2.75) is 31.7 Å². The van der Waals surface area contributed by atoms with Crippen LogP contribution in [0.3, 0.4) is 0 Å². The van der Waals surface area contributed by atoms with Crippen LogP contribution in [0.1, 0.15) is 25.8 Å². The molecule has 0 saturated carbocycles. The van der Waals surface area contributed by atoms with Crippen LogP contribution >= 0.6 is 11.6 Å². The molecule has 0 spiro atoms. The van der Waals surface area contributed by atoms with E-state index >= 15 is 0 Å². The van der Waals surface area contributed by atoms with Gasteiger partial charge in [0.25, 0.3) is 0 Å². The van der Waals surface area contributed by atoms with Gasteiger partial charge in [-0.25, -0.2) is 17.1 Å². The van der Waals surface area contributed by atoms with Crippen LogP contribution in [-0.4, -0.2) is 33.4 Å². The second-order valence-electron chi connectivity index (χ2n) is 5.21. The Hall–Kier alpha value is -0.690. The molecule has 0 radical (unpaired) electrons. The third kappa shape index (κ3) is 4.39. The molecule has 0 saturated heterocycles. The van der Waals surface area contributed by atoms with Crippen LogP contribution < -0.4 is 5.32 Å². The van der Waals surface area contributed by atoms with Crippen molar-refractivity contribution in [1.82, 2.24) is 9.62 Å². The molecule has 7 heteroatoms. The first-order chi connectivity index (χ1) is 9.73. The van der Waals surface area contributed by atoms with Gasteiger partial charge in [-0.15, -0.1) is 0 Å². The predicted octanol–water partition coefficient (Wildman–Crippen LogP) is 2.87. The fourth-order valence-electron chi connectivity index (χ4n) is 1.93. The maximum absolute atomic E-state index is 13.8. The molecule has 0 amide bonds. The fraction of sp³-hybridized carbons (Fsp3) is 0.571. The summed E-state index contributed by atoms with van der Waals surface area (Å²) >= 11 is 5.86. The van der Waals surface area contributed by atoms with Crippen LogP contribution in [0.4, 0.5) is 4.39 Å². The molecule has 1 aromatic rings. The van der Waals surface area contributed by atoms with Gasteiger partial charge in [0.2, 0.25) is 10.0 Å². The molecule has 21 heavy (non-hydrogen) atoms. The molecule has 1 atom stereocenters. The minimum absolute atomic E-state index is 0.0483. The van der Waals surface area contributed by atoms with Crippen LogP contribution in [0.5, 0.6) is 0 Å². The van der Waals surface area contributed by atoms with Crippen LogP contribution in [0.15, 0.2) is 17.0 Å². The summed E-state index contributed by atoms with van der Waals surface area (Å²) in [5, 5.41) is 2.79. The van der Waals surface area contributed by atoms with E-state index in [1.165, 1.54) is 17.4 Å². The Morgan fingerprint density at radius 2 is 2.05 bits per heavy atom. The van der Waals surface area contributed by atoms with Crippen LogP contribution in [0.2, 0.25) is 5.02 Å².